The maximum Gasteiger partial charge on any atom is 0.113 e. The van der Waals surface area contributed by atoms with Gasteiger partial charge in [-0.25, -0.2) is 4.98 Å². The Kier molecular flexibility index (Phi) is 4.50. The Bertz CT molecular complexity index is 781. The van der Waals surface area contributed by atoms with Crippen molar-refractivity contribution in [2.75, 3.05) is 5.73 Å². The highest BCUT2D eigenvalue weighted by Crippen LogP contribution is 2.24. The first kappa shape index (κ1) is 15.1. The Morgan fingerprint density at radius 1 is 1.09 bits per heavy atom. The molecule has 0 saturated carbocycles. The van der Waals surface area contributed by atoms with Crippen molar-refractivity contribution in [2.45, 2.75) is 13.0 Å². The summed E-state index contributed by atoms with van der Waals surface area (Å²) in [7, 11) is 0. The van der Waals surface area contributed by atoms with Gasteiger partial charge in [0.15, 0.2) is 0 Å². The molecule has 3 nitrogen and oxygen atoms in total. The Hall–Kier alpha value is -1.78. The average Bonchev–Trinajstić information content (AvgIpc) is 2.92. The van der Waals surface area contributed by atoms with Crippen LogP contribution in [0.4, 0.5) is 5.69 Å². The third-order valence-corrected chi connectivity index (χ3v) is 4.69. The Morgan fingerprint density at radius 2 is 1.82 bits per heavy atom. The molecule has 22 heavy (non-hydrogen) atoms. The van der Waals surface area contributed by atoms with Crippen LogP contribution in [-0.2, 0) is 13.0 Å². The van der Waals surface area contributed by atoms with Crippen LogP contribution in [0.5, 0.6) is 0 Å². The van der Waals surface area contributed by atoms with E-state index >= 15 is 0 Å². The van der Waals surface area contributed by atoms with Crippen LogP contribution in [0.2, 0.25) is 5.02 Å². The predicted molar refractivity (Wildman–Crippen MR) is 94.1 cm³/mol. The molecule has 3 aromatic rings. The Labute approximate surface area is 142 Å². The molecule has 0 aliphatic heterocycles. The van der Waals surface area contributed by atoms with Crippen LogP contribution in [0.3, 0.4) is 0 Å². The molecule has 0 aliphatic rings. The van der Waals surface area contributed by atoms with Crippen molar-refractivity contribution in [3.8, 4) is 0 Å². The van der Waals surface area contributed by atoms with Crippen LogP contribution in [-0.4, -0.2) is 9.55 Å². The molecule has 3 rings (SSSR count). The van der Waals surface area contributed by atoms with E-state index in [4.69, 9.17) is 17.3 Å². The molecule has 0 atom stereocenters. The second-order valence-electron chi connectivity index (χ2n) is 5.14. The summed E-state index contributed by atoms with van der Waals surface area (Å²) in [5, 5.41) is 0.717. The lowest BCUT2D eigenvalue weighted by Crippen LogP contribution is -2.05. The van der Waals surface area contributed by atoms with E-state index in [1.807, 2.05) is 54.9 Å². The van der Waals surface area contributed by atoms with Gasteiger partial charge in [-0.05, 0) is 51.3 Å². The quantitative estimate of drug-likeness (QED) is 0.680. The largest absolute Gasteiger partial charge is 0.399 e. The van der Waals surface area contributed by atoms with Gasteiger partial charge in [0.25, 0.3) is 0 Å². The first-order chi connectivity index (χ1) is 10.6. The standard InChI is InChI=1S/C17H15BrClN3/c18-15-9-13(3-6-16(15)19)10-17-21-7-8-22(17)11-12-1-4-14(20)5-2-12/h1-9H,10-11,20H2. The van der Waals surface area contributed by atoms with Crippen molar-refractivity contribution >= 4 is 33.2 Å². The Balaban J connectivity index is 1.79. The molecule has 2 aromatic carbocycles. The van der Waals surface area contributed by atoms with Crippen molar-refractivity contribution in [1.82, 2.24) is 9.55 Å². The molecular formula is C17H15BrClN3. The third-order valence-electron chi connectivity index (χ3n) is 3.48. The molecule has 0 bridgehead atoms. The third kappa shape index (κ3) is 3.51. The number of benzene rings is 2. The number of anilines is 1. The zero-order valence-electron chi connectivity index (χ0n) is 11.8. The van der Waals surface area contributed by atoms with Gasteiger partial charge in [0, 0.05) is 35.5 Å². The van der Waals surface area contributed by atoms with Crippen LogP contribution in [0.25, 0.3) is 0 Å². The van der Waals surface area contributed by atoms with E-state index < -0.39 is 0 Å². The fraction of sp³-hybridized carbons (Fsp3) is 0.118. The molecule has 0 spiro atoms. The van der Waals surface area contributed by atoms with E-state index in [0.717, 1.165) is 29.0 Å². The highest BCUT2D eigenvalue weighted by atomic mass is 79.9. The lowest BCUT2D eigenvalue weighted by molar-refractivity contribution is 0.740. The normalized spacial score (nSPS) is 10.8. The minimum absolute atomic E-state index is 0.717. The molecule has 0 amide bonds. The minimum atomic E-state index is 0.717. The number of halogens is 2. The molecule has 5 heteroatoms. The molecule has 0 saturated heterocycles. The van der Waals surface area contributed by atoms with Gasteiger partial charge in [0.05, 0.1) is 5.02 Å². The number of nitrogens with zero attached hydrogens (tertiary/aromatic N) is 2. The highest BCUT2D eigenvalue weighted by molar-refractivity contribution is 9.10. The van der Waals surface area contributed by atoms with Crippen LogP contribution < -0.4 is 5.73 Å². The molecular weight excluding hydrogens is 362 g/mol. The lowest BCUT2D eigenvalue weighted by Gasteiger charge is -2.09. The molecule has 112 valence electrons. The smallest absolute Gasteiger partial charge is 0.113 e. The maximum atomic E-state index is 6.04. The number of rotatable bonds is 4. The van der Waals surface area contributed by atoms with Gasteiger partial charge in [-0.15, -0.1) is 0 Å². The summed E-state index contributed by atoms with van der Waals surface area (Å²) in [5.74, 6) is 1.02. The molecule has 2 N–H and O–H groups in total. The maximum absolute atomic E-state index is 6.04. The molecule has 0 fully saturated rings. The minimum Gasteiger partial charge on any atom is -0.399 e. The van der Waals surface area contributed by atoms with E-state index in [9.17, 15) is 0 Å². The number of aromatic nitrogens is 2. The van der Waals surface area contributed by atoms with Gasteiger partial charge in [-0.3, -0.25) is 0 Å². The zero-order chi connectivity index (χ0) is 15.5. The molecule has 0 unspecified atom stereocenters. The fourth-order valence-corrected chi connectivity index (χ4v) is 2.85. The SMILES string of the molecule is Nc1ccc(Cn2ccnc2Cc2ccc(Cl)c(Br)c2)cc1. The lowest BCUT2D eigenvalue weighted by atomic mass is 10.1. The zero-order valence-corrected chi connectivity index (χ0v) is 14.2. The molecule has 0 aliphatic carbocycles. The summed E-state index contributed by atoms with van der Waals surface area (Å²) < 4.78 is 3.05. The van der Waals surface area contributed by atoms with Crippen molar-refractivity contribution in [1.29, 1.82) is 0 Å². The van der Waals surface area contributed by atoms with Crippen LogP contribution in [0.15, 0.2) is 59.3 Å². The average molecular weight is 377 g/mol. The second-order valence-corrected chi connectivity index (χ2v) is 6.40. The molecule has 1 heterocycles. The van der Waals surface area contributed by atoms with E-state index in [-0.39, 0.29) is 0 Å². The summed E-state index contributed by atoms with van der Waals surface area (Å²) in [4.78, 5) is 4.47. The van der Waals surface area contributed by atoms with Crippen molar-refractivity contribution in [3.05, 3.63) is 81.3 Å². The summed E-state index contributed by atoms with van der Waals surface area (Å²) >= 11 is 9.49. The number of hydrogen-bond donors (Lipinski definition) is 1. The van der Waals surface area contributed by atoms with Gasteiger partial charge in [0.1, 0.15) is 5.82 Å². The van der Waals surface area contributed by atoms with Gasteiger partial charge >= 0.3 is 0 Å². The number of nitrogen functional groups attached to an aromatic ring is 1. The van der Waals surface area contributed by atoms with Crippen molar-refractivity contribution in [3.63, 3.8) is 0 Å². The topological polar surface area (TPSA) is 43.8 Å². The summed E-state index contributed by atoms with van der Waals surface area (Å²) in [6, 6.07) is 13.9. The van der Waals surface area contributed by atoms with E-state index in [0.29, 0.717) is 5.02 Å². The van der Waals surface area contributed by atoms with Crippen molar-refractivity contribution in [2.24, 2.45) is 0 Å². The summed E-state index contributed by atoms with van der Waals surface area (Å²) in [6.45, 7) is 0.782. The van der Waals surface area contributed by atoms with E-state index in [1.165, 1.54) is 11.1 Å². The van der Waals surface area contributed by atoms with E-state index in [2.05, 4.69) is 25.5 Å². The number of imidazole rings is 1. The van der Waals surface area contributed by atoms with Crippen molar-refractivity contribution < 1.29 is 0 Å². The fourth-order valence-electron chi connectivity index (χ4n) is 2.30. The van der Waals surface area contributed by atoms with Crippen LogP contribution in [0.1, 0.15) is 17.0 Å². The van der Waals surface area contributed by atoms with Gasteiger partial charge in [-0.2, -0.15) is 0 Å². The van der Waals surface area contributed by atoms with Gasteiger partial charge < -0.3 is 10.3 Å². The molecule has 0 radical (unpaired) electrons. The number of nitrogens with two attached hydrogens (primary N) is 1. The summed E-state index contributed by atoms with van der Waals surface area (Å²) in [6.07, 6.45) is 4.59. The molecule has 1 aromatic heterocycles. The van der Waals surface area contributed by atoms with Gasteiger partial charge in [-0.1, -0.05) is 29.8 Å². The predicted octanol–water partition coefficient (Wildman–Crippen LogP) is 4.52. The number of hydrogen-bond acceptors (Lipinski definition) is 2. The van der Waals surface area contributed by atoms with E-state index in [1.54, 1.807) is 0 Å². The van der Waals surface area contributed by atoms with Crippen LogP contribution >= 0.6 is 27.5 Å². The Morgan fingerprint density at radius 3 is 2.55 bits per heavy atom. The second kappa shape index (κ2) is 6.55. The monoisotopic (exact) mass is 375 g/mol. The highest BCUT2D eigenvalue weighted by Gasteiger charge is 2.07. The first-order valence-corrected chi connectivity index (χ1v) is 8.07. The van der Waals surface area contributed by atoms with Crippen LogP contribution in [0, 0.1) is 0 Å². The summed E-state index contributed by atoms with van der Waals surface area (Å²) in [5.41, 5.74) is 8.87. The van der Waals surface area contributed by atoms with Gasteiger partial charge in [0.2, 0.25) is 0 Å². The first-order valence-electron chi connectivity index (χ1n) is 6.90.